The molecule has 0 saturated carbocycles. The van der Waals surface area contributed by atoms with E-state index in [-0.39, 0.29) is 22.9 Å². The van der Waals surface area contributed by atoms with E-state index in [4.69, 9.17) is 9.47 Å². The zero-order valence-corrected chi connectivity index (χ0v) is 16.7. The molecular weight excluding hydrogens is 322 g/mol. The average Bonchev–Trinajstić information content (AvgIpc) is 2.99. The molecule has 25 heavy (non-hydrogen) atoms. The lowest BCUT2D eigenvalue weighted by atomic mass is 9.82. The van der Waals surface area contributed by atoms with Gasteiger partial charge in [0.1, 0.15) is 12.1 Å². The summed E-state index contributed by atoms with van der Waals surface area (Å²) in [5.74, 6) is -1.29. The molecule has 2 N–H and O–H groups in total. The average molecular weight is 355 g/mol. The molecule has 2 aliphatic heterocycles. The molecule has 0 aromatic heterocycles. The third kappa shape index (κ3) is 3.83. The van der Waals surface area contributed by atoms with E-state index in [1.807, 2.05) is 20.9 Å². The lowest BCUT2D eigenvalue weighted by molar-refractivity contribution is -0.166. The molecular formula is C18H33N3O4. The van der Waals surface area contributed by atoms with Gasteiger partial charge in [-0.2, -0.15) is 0 Å². The van der Waals surface area contributed by atoms with Crippen molar-refractivity contribution in [2.75, 3.05) is 14.1 Å². The van der Waals surface area contributed by atoms with E-state index in [2.05, 4.69) is 24.5 Å². The number of hydrogen-bond donors (Lipinski definition) is 2. The molecule has 0 aliphatic carbocycles. The summed E-state index contributed by atoms with van der Waals surface area (Å²) < 4.78 is 11.4. The van der Waals surface area contributed by atoms with Crippen LogP contribution >= 0.6 is 0 Å². The van der Waals surface area contributed by atoms with Gasteiger partial charge in [-0.15, -0.1) is 0 Å². The molecule has 0 aromatic carbocycles. The number of nitrogens with zero attached hydrogens (tertiary/aromatic N) is 1. The number of rotatable bonds is 6. The van der Waals surface area contributed by atoms with Gasteiger partial charge in [-0.1, -0.05) is 6.92 Å². The lowest BCUT2D eigenvalue weighted by Crippen LogP contribution is -2.58. The normalized spacial score (nSPS) is 30.6. The topological polar surface area (TPSA) is 79.9 Å². The Morgan fingerprint density at radius 3 is 2.44 bits per heavy atom. The Hall–Kier alpha value is -1.18. The summed E-state index contributed by atoms with van der Waals surface area (Å²) in [6.45, 7) is 11.9. The third-order valence-corrected chi connectivity index (χ3v) is 5.73. The maximum absolute atomic E-state index is 13.1. The van der Waals surface area contributed by atoms with Crippen LogP contribution < -0.4 is 10.6 Å². The molecule has 2 rings (SSSR count). The minimum Gasteiger partial charge on any atom is -0.341 e. The van der Waals surface area contributed by atoms with Gasteiger partial charge < -0.3 is 25.0 Å². The van der Waals surface area contributed by atoms with E-state index in [0.29, 0.717) is 0 Å². The van der Waals surface area contributed by atoms with E-state index in [9.17, 15) is 9.59 Å². The Morgan fingerprint density at radius 1 is 1.32 bits per heavy atom. The molecule has 2 amide bonds. The molecule has 2 aliphatic rings. The predicted octanol–water partition coefficient (Wildman–Crippen LogP) is 1.02. The number of hydrogen-bond acceptors (Lipinski definition) is 5. The van der Waals surface area contributed by atoms with Gasteiger partial charge in [-0.25, -0.2) is 0 Å². The molecule has 4 atom stereocenters. The fourth-order valence-corrected chi connectivity index (χ4v) is 3.73. The Morgan fingerprint density at radius 2 is 1.92 bits per heavy atom. The fourth-order valence-electron chi connectivity index (χ4n) is 3.73. The lowest BCUT2D eigenvalue weighted by Gasteiger charge is -2.43. The smallest absolute Gasteiger partial charge is 0.252 e. The van der Waals surface area contributed by atoms with Gasteiger partial charge in [0.15, 0.2) is 11.9 Å². The second-order valence-corrected chi connectivity index (χ2v) is 8.56. The van der Waals surface area contributed by atoms with Crippen molar-refractivity contribution < 1.29 is 19.1 Å². The first-order valence-electron chi connectivity index (χ1n) is 8.98. The van der Waals surface area contributed by atoms with Crippen molar-refractivity contribution in [3.63, 3.8) is 0 Å². The molecule has 2 fully saturated rings. The molecule has 7 heteroatoms. The highest BCUT2D eigenvalue weighted by molar-refractivity contribution is 5.95. The SMILES string of the molecule is CCC(C)(CC(C)(C)N(C)C(=O)C1NC(=O)C2OC(C)(C)O[C@@H]12)NC. The van der Waals surface area contributed by atoms with Gasteiger partial charge in [-0.3, -0.25) is 9.59 Å². The first-order valence-corrected chi connectivity index (χ1v) is 8.98. The fraction of sp³-hybridized carbons (Fsp3) is 0.889. The summed E-state index contributed by atoms with van der Waals surface area (Å²) in [5, 5.41) is 6.09. The van der Waals surface area contributed by atoms with Gasteiger partial charge in [0.25, 0.3) is 5.91 Å². The third-order valence-electron chi connectivity index (χ3n) is 5.73. The highest BCUT2D eigenvalue weighted by atomic mass is 16.8. The standard InChI is InChI=1S/C18H33N3O4/c1-9-18(6,19-7)10-16(2,3)21(8)15(23)11-12-13(14(22)20-11)25-17(4,5)24-12/h11-13,19H,9-10H2,1-8H3,(H,20,22)/t11?,12-,13?,18?/m0/s1. The van der Waals surface area contributed by atoms with Crippen LogP contribution in [-0.4, -0.2) is 65.9 Å². The first-order chi connectivity index (χ1) is 11.4. The van der Waals surface area contributed by atoms with Crippen molar-refractivity contribution >= 4 is 11.8 Å². The number of ether oxygens (including phenoxy) is 2. The predicted molar refractivity (Wildman–Crippen MR) is 95.0 cm³/mol. The maximum Gasteiger partial charge on any atom is 0.252 e. The molecule has 7 nitrogen and oxygen atoms in total. The number of carbonyl (C=O) groups excluding carboxylic acids is 2. The zero-order valence-electron chi connectivity index (χ0n) is 16.7. The summed E-state index contributed by atoms with van der Waals surface area (Å²) in [4.78, 5) is 27.0. The van der Waals surface area contributed by atoms with E-state index in [1.165, 1.54) is 0 Å². The number of nitrogens with one attached hydrogen (secondary N) is 2. The molecule has 0 bridgehead atoms. The second-order valence-electron chi connectivity index (χ2n) is 8.56. The van der Waals surface area contributed by atoms with Crippen LogP contribution in [0.3, 0.4) is 0 Å². The summed E-state index contributed by atoms with van der Waals surface area (Å²) in [6, 6.07) is -0.717. The number of fused-ring (bicyclic) bond motifs is 1. The molecule has 2 heterocycles. The van der Waals surface area contributed by atoms with Gasteiger partial charge in [0.2, 0.25) is 5.91 Å². The Bertz CT molecular complexity index is 542. The van der Waals surface area contributed by atoms with E-state index >= 15 is 0 Å². The molecule has 0 radical (unpaired) electrons. The summed E-state index contributed by atoms with van der Waals surface area (Å²) in [5.41, 5.74) is -0.461. The van der Waals surface area contributed by atoms with Gasteiger partial charge in [0, 0.05) is 18.1 Å². The summed E-state index contributed by atoms with van der Waals surface area (Å²) in [7, 11) is 3.73. The molecule has 2 saturated heterocycles. The van der Waals surface area contributed by atoms with Crippen molar-refractivity contribution in [2.45, 2.75) is 89.5 Å². The van der Waals surface area contributed by atoms with Crippen LogP contribution in [-0.2, 0) is 19.1 Å². The van der Waals surface area contributed by atoms with Gasteiger partial charge in [-0.05, 0) is 54.5 Å². The van der Waals surface area contributed by atoms with Crippen molar-refractivity contribution in [1.82, 2.24) is 15.5 Å². The molecule has 0 aromatic rings. The van der Waals surface area contributed by atoms with Gasteiger partial charge >= 0.3 is 0 Å². The maximum atomic E-state index is 13.1. The van der Waals surface area contributed by atoms with Crippen molar-refractivity contribution in [1.29, 1.82) is 0 Å². The monoisotopic (exact) mass is 355 g/mol. The van der Waals surface area contributed by atoms with E-state index < -0.39 is 24.0 Å². The highest BCUT2D eigenvalue weighted by Crippen LogP contribution is 2.35. The zero-order chi connectivity index (χ0) is 19.2. The van der Waals surface area contributed by atoms with Crippen molar-refractivity contribution in [3.8, 4) is 0 Å². The number of likely N-dealkylation sites (N-methyl/N-ethyl adjacent to an activating group) is 1. The molecule has 0 spiro atoms. The Labute approximate surface area is 150 Å². The van der Waals surface area contributed by atoms with Crippen molar-refractivity contribution in [2.24, 2.45) is 0 Å². The van der Waals surface area contributed by atoms with Crippen LogP contribution in [0.1, 0.15) is 54.4 Å². The van der Waals surface area contributed by atoms with Crippen LogP contribution in [0.4, 0.5) is 0 Å². The Balaban J connectivity index is 2.15. The van der Waals surface area contributed by atoms with Crippen LogP contribution in [0.5, 0.6) is 0 Å². The minimum absolute atomic E-state index is 0.0749. The van der Waals surface area contributed by atoms with E-state index in [0.717, 1.165) is 12.8 Å². The highest BCUT2D eigenvalue weighted by Gasteiger charge is 2.57. The second kappa shape index (κ2) is 6.52. The van der Waals surface area contributed by atoms with Crippen LogP contribution in [0, 0.1) is 0 Å². The summed E-state index contributed by atoms with van der Waals surface area (Å²) in [6.07, 6.45) is 0.423. The first kappa shape index (κ1) is 20.1. The van der Waals surface area contributed by atoms with Crippen LogP contribution in [0.2, 0.25) is 0 Å². The number of carbonyl (C=O) groups is 2. The Kier molecular flexibility index (Phi) is 5.25. The largest absolute Gasteiger partial charge is 0.341 e. The number of amides is 2. The van der Waals surface area contributed by atoms with E-state index in [1.54, 1.807) is 25.8 Å². The van der Waals surface area contributed by atoms with Gasteiger partial charge in [0.05, 0.1) is 0 Å². The quantitative estimate of drug-likeness (QED) is 0.744. The molecule has 3 unspecified atom stereocenters. The summed E-state index contributed by atoms with van der Waals surface area (Å²) >= 11 is 0. The minimum atomic E-state index is -0.855. The van der Waals surface area contributed by atoms with Crippen LogP contribution in [0.25, 0.3) is 0 Å². The van der Waals surface area contributed by atoms with Crippen LogP contribution in [0.15, 0.2) is 0 Å². The van der Waals surface area contributed by atoms with Crippen molar-refractivity contribution in [3.05, 3.63) is 0 Å². The molecule has 144 valence electrons.